The van der Waals surface area contributed by atoms with E-state index in [0.29, 0.717) is 17.9 Å². The summed E-state index contributed by atoms with van der Waals surface area (Å²) in [5.41, 5.74) is 2.46. The molecule has 0 aliphatic carbocycles. The van der Waals surface area contributed by atoms with Crippen molar-refractivity contribution in [1.82, 2.24) is 14.9 Å². The van der Waals surface area contributed by atoms with E-state index < -0.39 is 0 Å². The third-order valence-electron chi connectivity index (χ3n) is 6.27. The number of hydrogen-bond donors (Lipinski definition) is 0. The summed E-state index contributed by atoms with van der Waals surface area (Å²) >= 11 is 3.70. The van der Waals surface area contributed by atoms with E-state index in [0.717, 1.165) is 29.6 Å². The number of methoxy groups -OCH3 is 1. The SMILES string of the molecule is COCc1nc(N2C[C@@H](SC)[C@@H](N3CCCC3)C2)c2c(-c3ccccc3)csc2n1. The van der Waals surface area contributed by atoms with Crippen LogP contribution in [-0.4, -0.2) is 65.7 Å². The van der Waals surface area contributed by atoms with Crippen molar-refractivity contribution >= 4 is 39.1 Å². The summed E-state index contributed by atoms with van der Waals surface area (Å²) in [6, 6.07) is 11.2. The van der Waals surface area contributed by atoms with Crippen molar-refractivity contribution < 1.29 is 4.74 Å². The highest BCUT2D eigenvalue weighted by atomic mass is 32.2. The van der Waals surface area contributed by atoms with Crippen molar-refractivity contribution in [2.45, 2.75) is 30.7 Å². The molecule has 0 spiro atoms. The largest absolute Gasteiger partial charge is 0.377 e. The van der Waals surface area contributed by atoms with Gasteiger partial charge in [-0.3, -0.25) is 4.90 Å². The van der Waals surface area contributed by atoms with Gasteiger partial charge in [0.05, 0.1) is 5.39 Å². The van der Waals surface area contributed by atoms with Crippen LogP contribution in [0.1, 0.15) is 18.7 Å². The standard InChI is InChI=1S/C23H28N4OS2/c1-28-14-20-24-22(27-12-18(19(13-27)29-2)26-10-6-7-11-26)21-17(15-30-23(21)25-20)16-8-4-3-5-9-16/h3-5,8-9,15,18-19H,6-7,10-14H2,1-2H3/t18-,19+/m0/s1. The van der Waals surface area contributed by atoms with Gasteiger partial charge in [0.25, 0.3) is 0 Å². The van der Waals surface area contributed by atoms with Gasteiger partial charge < -0.3 is 9.64 Å². The molecule has 3 aromatic rings. The number of likely N-dealkylation sites (tertiary alicyclic amines) is 1. The molecular formula is C23H28N4OS2. The molecule has 2 fully saturated rings. The molecule has 0 radical (unpaired) electrons. The van der Waals surface area contributed by atoms with Crippen LogP contribution in [0.25, 0.3) is 21.3 Å². The molecule has 2 aromatic heterocycles. The van der Waals surface area contributed by atoms with Crippen molar-refractivity contribution in [1.29, 1.82) is 0 Å². The average Bonchev–Trinajstić information content (AvgIpc) is 3.52. The minimum absolute atomic E-state index is 0.441. The number of thiophene rings is 1. The van der Waals surface area contributed by atoms with E-state index in [1.165, 1.54) is 42.4 Å². The second-order valence-electron chi connectivity index (χ2n) is 8.08. The number of nitrogens with zero attached hydrogens (tertiary/aromatic N) is 4. The summed E-state index contributed by atoms with van der Waals surface area (Å²) in [6.07, 6.45) is 4.91. The Morgan fingerprint density at radius 2 is 1.93 bits per heavy atom. The van der Waals surface area contributed by atoms with Crippen molar-refractivity contribution in [2.75, 3.05) is 44.4 Å². The van der Waals surface area contributed by atoms with Crippen molar-refractivity contribution in [3.05, 3.63) is 41.5 Å². The Kier molecular flexibility index (Phi) is 5.96. The van der Waals surface area contributed by atoms with Crippen LogP contribution >= 0.6 is 23.1 Å². The maximum atomic E-state index is 5.38. The van der Waals surface area contributed by atoms with E-state index in [4.69, 9.17) is 14.7 Å². The van der Waals surface area contributed by atoms with Crippen molar-refractivity contribution in [3.63, 3.8) is 0 Å². The summed E-state index contributed by atoms with van der Waals surface area (Å²) in [6.45, 7) is 4.98. The minimum atomic E-state index is 0.441. The van der Waals surface area contributed by atoms with Crippen LogP contribution in [0.2, 0.25) is 0 Å². The summed E-state index contributed by atoms with van der Waals surface area (Å²) in [5.74, 6) is 1.85. The van der Waals surface area contributed by atoms with Crippen LogP contribution in [0.3, 0.4) is 0 Å². The Labute approximate surface area is 186 Å². The van der Waals surface area contributed by atoms with Gasteiger partial charge in [-0.2, -0.15) is 11.8 Å². The Morgan fingerprint density at radius 3 is 2.67 bits per heavy atom. The monoisotopic (exact) mass is 440 g/mol. The molecule has 1 aromatic carbocycles. The Balaban J connectivity index is 1.59. The second-order valence-corrected chi connectivity index (χ2v) is 10.0. The minimum Gasteiger partial charge on any atom is -0.377 e. The molecular weight excluding hydrogens is 412 g/mol. The maximum Gasteiger partial charge on any atom is 0.158 e. The first kappa shape index (κ1) is 20.2. The quantitative estimate of drug-likeness (QED) is 0.561. The molecule has 0 unspecified atom stereocenters. The summed E-state index contributed by atoms with van der Waals surface area (Å²) in [7, 11) is 1.71. The van der Waals surface area contributed by atoms with E-state index in [1.807, 2.05) is 11.8 Å². The van der Waals surface area contributed by atoms with Crippen molar-refractivity contribution in [2.24, 2.45) is 0 Å². The molecule has 2 aliphatic rings. The zero-order chi connectivity index (χ0) is 20.5. The van der Waals surface area contributed by atoms with Gasteiger partial charge >= 0.3 is 0 Å². The van der Waals surface area contributed by atoms with E-state index in [9.17, 15) is 0 Å². The number of ether oxygens (including phenoxy) is 1. The molecule has 0 N–H and O–H groups in total. The third kappa shape index (κ3) is 3.73. The normalized spacial score (nSPS) is 22.4. The van der Waals surface area contributed by atoms with E-state index in [1.54, 1.807) is 18.4 Å². The molecule has 0 bridgehead atoms. The van der Waals surface area contributed by atoms with Gasteiger partial charge in [0, 0.05) is 42.4 Å². The number of rotatable bonds is 6. The smallest absolute Gasteiger partial charge is 0.158 e. The molecule has 7 heteroatoms. The third-order valence-corrected chi connectivity index (χ3v) is 8.21. The lowest BCUT2D eigenvalue weighted by Crippen LogP contribution is -2.40. The van der Waals surface area contributed by atoms with Crippen LogP contribution in [0.15, 0.2) is 35.7 Å². The Bertz CT molecular complexity index is 1000. The van der Waals surface area contributed by atoms with E-state index in [-0.39, 0.29) is 0 Å². The van der Waals surface area contributed by atoms with Gasteiger partial charge in [-0.25, -0.2) is 9.97 Å². The van der Waals surface area contributed by atoms with Gasteiger partial charge in [0.15, 0.2) is 5.82 Å². The molecule has 5 nitrogen and oxygen atoms in total. The predicted molar refractivity (Wildman–Crippen MR) is 128 cm³/mol. The molecule has 5 rings (SSSR count). The number of thioether (sulfide) groups is 1. The maximum absolute atomic E-state index is 5.38. The highest BCUT2D eigenvalue weighted by Gasteiger charge is 2.38. The van der Waals surface area contributed by atoms with Crippen LogP contribution in [0.4, 0.5) is 5.82 Å². The van der Waals surface area contributed by atoms with Crippen LogP contribution < -0.4 is 4.90 Å². The lowest BCUT2D eigenvalue weighted by molar-refractivity contribution is 0.178. The molecule has 4 heterocycles. The summed E-state index contributed by atoms with van der Waals surface area (Å²) in [4.78, 5) is 16.1. The molecule has 0 amide bonds. The first-order chi connectivity index (χ1) is 14.8. The van der Waals surface area contributed by atoms with Crippen molar-refractivity contribution in [3.8, 4) is 11.1 Å². The fourth-order valence-electron chi connectivity index (χ4n) is 4.80. The van der Waals surface area contributed by atoms with Gasteiger partial charge in [0.2, 0.25) is 0 Å². The highest BCUT2D eigenvalue weighted by molar-refractivity contribution is 7.99. The first-order valence-corrected chi connectivity index (χ1v) is 12.8. The van der Waals surface area contributed by atoms with Crippen LogP contribution in [0, 0.1) is 0 Å². The molecule has 0 saturated carbocycles. The topological polar surface area (TPSA) is 41.5 Å². The van der Waals surface area contributed by atoms with E-state index >= 15 is 0 Å². The van der Waals surface area contributed by atoms with E-state index in [2.05, 4.69) is 51.8 Å². The zero-order valence-electron chi connectivity index (χ0n) is 17.6. The Morgan fingerprint density at radius 1 is 1.13 bits per heavy atom. The summed E-state index contributed by atoms with van der Waals surface area (Å²) < 4.78 is 5.38. The van der Waals surface area contributed by atoms with Crippen LogP contribution in [0.5, 0.6) is 0 Å². The molecule has 2 aliphatic heterocycles. The lowest BCUT2D eigenvalue weighted by atomic mass is 10.1. The van der Waals surface area contributed by atoms with Gasteiger partial charge in [-0.15, -0.1) is 11.3 Å². The fourth-order valence-corrected chi connectivity index (χ4v) is 6.67. The molecule has 30 heavy (non-hydrogen) atoms. The number of aromatic nitrogens is 2. The first-order valence-electron chi connectivity index (χ1n) is 10.6. The van der Waals surface area contributed by atoms with Gasteiger partial charge in [-0.05, 0) is 37.8 Å². The molecule has 2 saturated heterocycles. The fraction of sp³-hybridized carbons (Fsp3) is 0.478. The average molecular weight is 441 g/mol. The predicted octanol–water partition coefficient (Wildman–Crippen LogP) is 4.52. The number of anilines is 1. The number of benzene rings is 1. The number of hydrogen-bond acceptors (Lipinski definition) is 7. The van der Waals surface area contributed by atoms with Crippen LogP contribution in [-0.2, 0) is 11.3 Å². The zero-order valence-corrected chi connectivity index (χ0v) is 19.2. The second kappa shape index (κ2) is 8.83. The summed E-state index contributed by atoms with van der Waals surface area (Å²) in [5, 5.41) is 4.03. The Hall–Kier alpha value is -1.67. The molecule has 2 atom stereocenters. The number of fused-ring (bicyclic) bond motifs is 1. The molecule has 158 valence electrons. The van der Waals surface area contributed by atoms with Gasteiger partial charge in [0.1, 0.15) is 17.3 Å². The highest BCUT2D eigenvalue weighted by Crippen LogP contribution is 2.40. The lowest BCUT2D eigenvalue weighted by Gasteiger charge is -2.27. The van der Waals surface area contributed by atoms with Gasteiger partial charge in [-0.1, -0.05) is 30.3 Å².